The van der Waals surface area contributed by atoms with Gasteiger partial charge in [-0.05, 0) is 48.7 Å². The van der Waals surface area contributed by atoms with Crippen molar-refractivity contribution >= 4 is 16.9 Å². The number of ether oxygens (including phenoxy) is 1. The van der Waals surface area contributed by atoms with E-state index in [2.05, 4.69) is 15.0 Å². The van der Waals surface area contributed by atoms with Crippen LogP contribution in [0.15, 0.2) is 67.0 Å². The molecule has 7 nitrogen and oxygen atoms in total. The number of nitrogens with one attached hydrogen (secondary N) is 2. The summed E-state index contributed by atoms with van der Waals surface area (Å²) in [5, 5.41) is 20.2. The van der Waals surface area contributed by atoms with Gasteiger partial charge >= 0.3 is 5.97 Å². The van der Waals surface area contributed by atoms with Gasteiger partial charge in [0.05, 0.1) is 23.0 Å². The number of nitrogens with zero attached hydrogens (tertiary/aromatic N) is 1. The highest BCUT2D eigenvalue weighted by molar-refractivity contribution is 5.82. The number of halogens is 3. The van der Waals surface area contributed by atoms with Gasteiger partial charge in [0.25, 0.3) is 0 Å². The molecule has 0 aliphatic carbocycles. The largest absolute Gasteiger partial charge is 0.481 e. The van der Waals surface area contributed by atoms with Crippen LogP contribution in [0.1, 0.15) is 30.2 Å². The molecule has 0 aliphatic rings. The summed E-state index contributed by atoms with van der Waals surface area (Å²) in [5.41, 5.74) is -0.0601. The van der Waals surface area contributed by atoms with Crippen LogP contribution in [0.5, 0.6) is 11.5 Å². The lowest BCUT2D eigenvalue weighted by Gasteiger charge is -2.23. The first kappa shape index (κ1) is 25.1. The molecule has 1 atom stereocenters. The fourth-order valence-electron chi connectivity index (χ4n) is 4.23. The van der Waals surface area contributed by atoms with Gasteiger partial charge in [0.1, 0.15) is 23.0 Å². The van der Waals surface area contributed by atoms with Gasteiger partial charge in [-0.25, -0.2) is 18.2 Å². The van der Waals surface area contributed by atoms with Gasteiger partial charge in [-0.2, -0.15) is 0 Å². The quantitative estimate of drug-likeness (QED) is 0.199. The van der Waals surface area contributed by atoms with Gasteiger partial charge in [-0.3, -0.25) is 4.79 Å². The minimum absolute atomic E-state index is 0.0108. The Morgan fingerprint density at radius 1 is 1.08 bits per heavy atom. The van der Waals surface area contributed by atoms with Crippen LogP contribution < -0.4 is 4.74 Å². The highest BCUT2D eigenvalue weighted by Crippen LogP contribution is 2.35. The number of hydrogen-bond donors (Lipinski definition) is 4. The SMILES string of the molecule is CC(O)(c1cccc(CCC(=O)O)c1)c1cnc(-c2cc(Oc3cc(F)c4[nH]ccc4c3F)ccc2F)[nH]1. The molecule has 3 aromatic carbocycles. The minimum Gasteiger partial charge on any atom is -0.481 e. The highest BCUT2D eigenvalue weighted by Gasteiger charge is 2.29. The van der Waals surface area contributed by atoms with E-state index < -0.39 is 29.0 Å². The minimum atomic E-state index is -1.55. The summed E-state index contributed by atoms with van der Waals surface area (Å²) < 4.78 is 49.5. The molecule has 0 spiro atoms. The highest BCUT2D eigenvalue weighted by atomic mass is 19.1. The second-order valence-corrected chi connectivity index (χ2v) is 8.99. The van der Waals surface area contributed by atoms with Crippen molar-refractivity contribution in [3.05, 3.63) is 101 Å². The van der Waals surface area contributed by atoms with E-state index in [1.807, 2.05) is 0 Å². The first-order valence-electron chi connectivity index (χ1n) is 11.7. The molecule has 0 amide bonds. The van der Waals surface area contributed by atoms with Gasteiger partial charge in [-0.15, -0.1) is 0 Å². The second-order valence-electron chi connectivity index (χ2n) is 8.99. The summed E-state index contributed by atoms with van der Waals surface area (Å²) >= 11 is 0. The molecule has 5 aromatic rings. The number of aliphatic hydroxyl groups is 1. The maximum atomic E-state index is 14.8. The van der Waals surface area contributed by atoms with Crippen LogP contribution in [0.4, 0.5) is 13.2 Å². The Kier molecular flexibility index (Phi) is 6.41. The fourth-order valence-corrected chi connectivity index (χ4v) is 4.23. The van der Waals surface area contributed by atoms with Crippen molar-refractivity contribution in [1.82, 2.24) is 15.0 Å². The van der Waals surface area contributed by atoms with Crippen molar-refractivity contribution < 1.29 is 32.9 Å². The van der Waals surface area contributed by atoms with Crippen molar-refractivity contribution in [3.63, 3.8) is 0 Å². The van der Waals surface area contributed by atoms with Crippen molar-refractivity contribution in [2.45, 2.75) is 25.4 Å². The predicted octanol–water partition coefficient (Wildman–Crippen LogP) is 6.04. The number of aromatic nitrogens is 3. The van der Waals surface area contributed by atoms with Crippen molar-refractivity contribution in [2.75, 3.05) is 0 Å². The molecule has 0 fully saturated rings. The average molecular weight is 521 g/mol. The van der Waals surface area contributed by atoms with Crippen LogP contribution in [0.2, 0.25) is 0 Å². The monoisotopic (exact) mass is 521 g/mol. The van der Waals surface area contributed by atoms with Gasteiger partial charge in [0, 0.05) is 24.1 Å². The van der Waals surface area contributed by atoms with Crippen LogP contribution in [-0.2, 0) is 16.8 Å². The maximum Gasteiger partial charge on any atom is 0.303 e. The summed E-state index contributed by atoms with van der Waals surface area (Å²) in [4.78, 5) is 20.7. The summed E-state index contributed by atoms with van der Waals surface area (Å²) in [7, 11) is 0. The molecule has 1 unspecified atom stereocenters. The number of imidazole rings is 1. The topological polar surface area (TPSA) is 111 Å². The average Bonchev–Trinajstić information content (AvgIpc) is 3.58. The number of aliphatic carboxylic acids is 1. The first-order valence-corrected chi connectivity index (χ1v) is 11.7. The van der Waals surface area contributed by atoms with E-state index in [4.69, 9.17) is 9.84 Å². The van der Waals surface area contributed by atoms with Crippen LogP contribution in [0.25, 0.3) is 22.3 Å². The number of benzene rings is 3. The molecular formula is C28H22F3N3O4. The lowest BCUT2D eigenvalue weighted by Crippen LogP contribution is -2.23. The predicted molar refractivity (Wildman–Crippen MR) is 133 cm³/mol. The standard InChI is InChI=1S/C28H22F3N3O4/c1-28(37,16-4-2-3-15(11-16)5-8-24(35)36)23-14-33-27(34-23)19-12-17(6-7-20(19)29)38-22-13-21(30)26-18(25(22)31)9-10-32-26/h2-4,6-7,9-14,32,37H,5,8H2,1H3,(H,33,34)(H,35,36). The summed E-state index contributed by atoms with van der Waals surface area (Å²) in [6.45, 7) is 1.53. The zero-order chi connectivity index (χ0) is 27.0. The molecule has 4 N–H and O–H groups in total. The van der Waals surface area contributed by atoms with E-state index in [-0.39, 0.29) is 45.9 Å². The van der Waals surface area contributed by atoms with Crippen LogP contribution >= 0.6 is 0 Å². The third-order valence-corrected chi connectivity index (χ3v) is 6.33. The Hall–Kier alpha value is -4.57. The van der Waals surface area contributed by atoms with Crippen molar-refractivity contribution in [1.29, 1.82) is 0 Å². The number of carbonyl (C=O) groups is 1. The van der Waals surface area contributed by atoms with E-state index >= 15 is 0 Å². The lowest BCUT2D eigenvalue weighted by molar-refractivity contribution is -0.136. The molecule has 0 aliphatic heterocycles. The number of hydrogen-bond acceptors (Lipinski definition) is 4. The first-order chi connectivity index (χ1) is 18.1. The lowest BCUT2D eigenvalue weighted by atomic mass is 9.91. The summed E-state index contributed by atoms with van der Waals surface area (Å²) in [5.74, 6) is -3.28. The zero-order valence-corrected chi connectivity index (χ0v) is 20.1. The molecule has 0 saturated carbocycles. The van der Waals surface area contributed by atoms with Crippen molar-refractivity contribution in [2.24, 2.45) is 0 Å². The molecular weight excluding hydrogens is 499 g/mol. The van der Waals surface area contributed by atoms with E-state index in [1.54, 1.807) is 24.3 Å². The van der Waals surface area contributed by atoms with E-state index in [9.17, 15) is 23.1 Å². The summed E-state index contributed by atoms with van der Waals surface area (Å²) in [6.07, 6.45) is 3.02. The molecule has 2 heterocycles. The fraction of sp³-hybridized carbons (Fsp3) is 0.143. The van der Waals surface area contributed by atoms with Crippen LogP contribution in [-0.4, -0.2) is 31.1 Å². The molecule has 194 valence electrons. The van der Waals surface area contributed by atoms with Crippen molar-refractivity contribution in [3.8, 4) is 22.9 Å². The smallest absolute Gasteiger partial charge is 0.303 e. The van der Waals surface area contributed by atoms with Gasteiger partial charge < -0.3 is 24.9 Å². The van der Waals surface area contributed by atoms with Gasteiger partial charge in [0.15, 0.2) is 17.4 Å². The molecule has 10 heteroatoms. The number of H-pyrrole nitrogens is 2. The number of rotatable bonds is 8. The molecule has 5 rings (SSSR count). The van der Waals surface area contributed by atoms with Gasteiger partial charge in [0.2, 0.25) is 0 Å². The van der Waals surface area contributed by atoms with E-state index in [0.29, 0.717) is 12.0 Å². The Balaban J connectivity index is 1.43. The Morgan fingerprint density at radius 2 is 1.89 bits per heavy atom. The Bertz CT molecular complexity index is 1660. The Labute approximate surface area is 214 Å². The number of aryl methyl sites for hydroxylation is 1. The number of carboxylic acids is 1. The Morgan fingerprint density at radius 3 is 2.68 bits per heavy atom. The normalized spacial score (nSPS) is 13.0. The third-order valence-electron chi connectivity index (χ3n) is 6.33. The second kappa shape index (κ2) is 9.71. The molecule has 38 heavy (non-hydrogen) atoms. The maximum absolute atomic E-state index is 14.8. The van der Waals surface area contributed by atoms with Gasteiger partial charge in [-0.1, -0.05) is 24.3 Å². The van der Waals surface area contributed by atoms with Crippen LogP contribution in [0, 0.1) is 17.5 Å². The molecule has 0 saturated heterocycles. The molecule has 0 radical (unpaired) electrons. The zero-order valence-electron chi connectivity index (χ0n) is 20.1. The number of fused-ring (bicyclic) bond motifs is 1. The van der Waals surface area contributed by atoms with E-state index in [1.165, 1.54) is 37.5 Å². The van der Waals surface area contributed by atoms with E-state index in [0.717, 1.165) is 17.7 Å². The van der Waals surface area contributed by atoms with Crippen LogP contribution in [0.3, 0.4) is 0 Å². The number of carboxylic acid groups (broad SMARTS) is 1. The molecule has 2 aromatic heterocycles. The third kappa shape index (κ3) is 4.73. The number of aromatic amines is 2. The summed E-state index contributed by atoms with van der Waals surface area (Å²) in [6, 6.07) is 12.8. The molecule has 0 bridgehead atoms.